The lowest BCUT2D eigenvalue weighted by Gasteiger charge is -2.57. The van der Waals surface area contributed by atoms with Crippen LogP contribution in [0.15, 0.2) is 0 Å². The van der Waals surface area contributed by atoms with Gasteiger partial charge in [-0.15, -0.1) is 0 Å². The van der Waals surface area contributed by atoms with Crippen LogP contribution in [0.4, 0.5) is 0 Å². The Kier molecular flexibility index (Phi) is 2.74. The average molecular weight is 248 g/mol. The standard InChI is InChI=1S/C16H28N2/c1-17-15-2-3-18(10-15)11-16-7-12-4-13(8-16)6-14(5-12)9-16/h12-15,17H,2-11H2,1H3. The minimum atomic E-state index is 0.747. The maximum Gasteiger partial charge on any atom is 0.0204 e. The van der Waals surface area contributed by atoms with Gasteiger partial charge in [-0.25, -0.2) is 0 Å². The van der Waals surface area contributed by atoms with E-state index in [1.165, 1.54) is 26.1 Å². The average Bonchev–Trinajstić information content (AvgIpc) is 2.74. The van der Waals surface area contributed by atoms with Crippen LogP contribution in [0.5, 0.6) is 0 Å². The molecule has 0 radical (unpaired) electrons. The van der Waals surface area contributed by atoms with E-state index >= 15 is 0 Å². The molecule has 1 N–H and O–H groups in total. The molecule has 1 unspecified atom stereocenters. The van der Waals surface area contributed by atoms with Gasteiger partial charge in [0.15, 0.2) is 0 Å². The van der Waals surface area contributed by atoms with Crippen molar-refractivity contribution in [2.75, 3.05) is 26.7 Å². The second-order valence-corrected chi connectivity index (χ2v) is 7.93. The summed E-state index contributed by atoms with van der Waals surface area (Å²) < 4.78 is 0. The zero-order chi connectivity index (χ0) is 12.2. The maximum atomic E-state index is 3.46. The fourth-order valence-electron chi connectivity index (χ4n) is 6.17. The molecular weight excluding hydrogens is 220 g/mol. The Labute approximate surface area is 111 Å². The quantitative estimate of drug-likeness (QED) is 0.825. The Morgan fingerprint density at radius 3 is 2.17 bits per heavy atom. The number of hydrogen-bond donors (Lipinski definition) is 1. The highest BCUT2D eigenvalue weighted by atomic mass is 15.2. The molecule has 102 valence electrons. The van der Waals surface area contributed by atoms with Gasteiger partial charge in [0.1, 0.15) is 0 Å². The molecule has 1 atom stereocenters. The summed E-state index contributed by atoms with van der Waals surface area (Å²) in [5.41, 5.74) is 0.747. The predicted octanol–water partition coefficient (Wildman–Crippen LogP) is 2.50. The smallest absolute Gasteiger partial charge is 0.0204 e. The van der Waals surface area contributed by atoms with Gasteiger partial charge in [0.2, 0.25) is 0 Å². The first-order valence-electron chi connectivity index (χ1n) is 8.14. The third-order valence-electron chi connectivity index (χ3n) is 6.40. The topological polar surface area (TPSA) is 15.3 Å². The summed E-state index contributed by atoms with van der Waals surface area (Å²) in [4.78, 5) is 2.77. The summed E-state index contributed by atoms with van der Waals surface area (Å²) in [5, 5.41) is 3.46. The van der Waals surface area contributed by atoms with E-state index in [1.54, 1.807) is 38.5 Å². The number of likely N-dealkylation sites (N-methyl/N-ethyl adjacent to an activating group) is 1. The lowest BCUT2D eigenvalue weighted by molar-refractivity contribution is -0.0666. The van der Waals surface area contributed by atoms with E-state index in [1.807, 2.05) is 0 Å². The van der Waals surface area contributed by atoms with E-state index in [4.69, 9.17) is 0 Å². The summed E-state index contributed by atoms with van der Waals surface area (Å²) in [5.74, 6) is 3.33. The Morgan fingerprint density at radius 2 is 1.67 bits per heavy atom. The van der Waals surface area contributed by atoms with Crippen molar-refractivity contribution < 1.29 is 0 Å². The minimum Gasteiger partial charge on any atom is -0.316 e. The van der Waals surface area contributed by atoms with Gasteiger partial charge in [-0.1, -0.05) is 0 Å². The summed E-state index contributed by atoms with van der Waals surface area (Å²) in [7, 11) is 2.12. The van der Waals surface area contributed by atoms with Crippen molar-refractivity contribution in [2.45, 2.75) is 51.0 Å². The van der Waals surface area contributed by atoms with Crippen LogP contribution in [0.3, 0.4) is 0 Å². The fourth-order valence-corrected chi connectivity index (χ4v) is 6.17. The van der Waals surface area contributed by atoms with Gasteiger partial charge in [0, 0.05) is 19.1 Å². The molecule has 5 fully saturated rings. The highest BCUT2D eigenvalue weighted by Crippen LogP contribution is 2.60. The molecule has 0 aromatic heterocycles. The first-order valence-corrected chi connectivity index (χ1v) is 8.14. The van der Waals surface area contributed by atoms with Gasteiger partial charge in [-0.2, -0.15) is 0 Å². The van der Waals surface area contributed by atoms with Gasteiger partial charge >= 0.3 is 0 Å². The maximum absolute atomic E-state index is 3.46. The molecule has 2 heteroatoms. The van der Waals surface area contributed by atoms with Crippen molar-refractivity contribution in [2.24, 2.45) is 23.2 Å². The second-order valence-electron chi connectivity index (χ2n) is 7.93. The van der Waals surface area contributed by atoms with Crippen LogP contribution < -0.4 is 5.32 Å². The van der Waals surface area contributed by atoms with Crippen molar-refractivity contribution >= 4 is 0 Å². The van der Waals surface area contributed by atoms with E-state index in [2.05, 4.69) is 17.3 Å². The summed E-state index contributed by atoms with van der Waals surface area (Å²) in [6, 6.07) is 0.763. The molecule has 1 aliphatic heterocycles. The molecule has 2 nitrogen and oxygen atoms in total. The van der Waals surface area contributed by atoms with Gasteiger partial charge in [-0.3, -0.25) is 0 Å². The van der Waals surface area contributed by atoms with Gasteiger partial charge in [0.05, 0.1) is 0 Å². The van der Waals surface area contributed by atoms with Crippen molar-refractivity contribution in [3.8, 4) is 0 Å². The SMILES string of the molecule is CNC1CCN(CC23CC4CC(CC(C4)C2)C3)C1. The van der Waals surface area contributed by atoms with Crippen LogP contribution in [0.25, 0.3) is 0 Å². The zero-order valence-corrected chi connectivity index (χ0v) is 11.8. The van der Waals surface area contributed by atoms with E-state index in [0.29, 0.717) is 0 Å². The van der Waals surface area contributed by atoms with E-state index in [-0.39, 0.29) is 0 Å². The second kappa shape index (κ2) is 4.21. The number of nitrogens with one attached hydrogen (secondary N) is 1. The van der Waals surface area contributed by atoms with Crippen LogP contribution >= 0.6 is 0 Å². The molecule has 0 aromatic carbocycles. The van der Waals surface area contributed by atoms with Crippen molar-refractivity contribution in [3.05, 3.63) is 0 Å². The molecule has 1 heterocycles. The largest absolute Gasteiger partial charge is 0.316 e. The normalized spacial score (nSPS) is 51.2. The summed E-state index contributed by atoms with van der Waals surface area (Å²) in [6.45, 7) is 4.07. The molecule has 0 aromatic rings. The summed E-state index contributed by atoms with van der Waals surface area (Å²) in [6.07, 6.45) is 10.8. The molecular formula is C16H28N2. The van der Waals surface area contributed by atoms with Crippen LogP contribution in [-0.2, 0) is 0 Å². The number of hydrogen-bond acceptors (Lipinski definition) is 2. The monoisotopic (exact) mass is 248 g/mol. The van der Waals surface area contributed by atoms with Gasteiger partial charge in [-0.05, 0) is 81.7 Å². The Morgan fingerprint density at radius 1 is 1.06 bits per heavy atom. The highest BCUT2D eigenvalue weighted by Gasteiger charge is 2.51. The molecule has 5 rings (SSSR count). The van der Waals surface area contributed by atoms with Gasteiger partial charge in [0.25, 0.3) is 0 Å². The van der Waals surface area contributed by atoms with Crippen molar-refractivity contribution in [1.29, 1.82) is 0 Å². The Balaban J connectivity index is 1.45. The molecule has 18 heavy (non-hydrogen) atoms. The molecule has 4 bridgehead atoms. The molecule has 0 amide bonds. The predicted molar refractivity (Wildman–Crippen MR) is 74.5 cm³/mol. The van der Waals surface area contributed by atoms with Crippen molar-refractivity contribution in [1.82, 2.24) is 10.2 Å². The molecule has 0 spiro atoms. The third kappa shape index (κ3) is 1.92. The molecule has 5 aliphatic rings. The first kappa shape index (κ1) is 11.7. The van der Waals surface area contributed by atoms with Crippen LogP contribution in [0, 0.1) is 23.2 Å². The third-order valence-corrected chi connectivity index (χ3v) is 6.40. The zero-order valence-electron chi connectivity index (χ0n) is 11.8. The Bertz CT molecular complexity index is 290. The fraction of sp³-hybridized carbons (Fsp3) is 1.00. The minimum absolute atomic E-state index is 0.747. The van der Waals surface area contributed by atoms with Crippen LogP contribution in [0.1, 0.15) is 44.9 Å². The van der Waals surface area contributed by atoms with Crippen molar-refractivity contribution in [3.63, 3.8) is 0 Å². The highest BCUT2D eigenvalue weighted by molar-refractivity contribution is 5.03. The molecule has 4 aliphatic carbocycles. The van der Waals surface area contributed by atoms with Crippen LogP contribution in [-0.4, -0.2) is 37.6 Å². The van der Waals surface area contributed by atoms with E-state index < -0.39 is 0 Å². The van der Waals surface area contributed by atoms with Crippen LogP contribution in [0.2, 0.25) is 0 Å². The summed E-state index contributed by atoms with van der Waals surface area (Å²) >= 11 is 0. The number of nitrogens with zero attached hydrogens (tertiary/aromatic N) is 1. The Hall–Kier alpha value is -0.0800. The van der Waals surface area contributed by atoms with Gasteiger partial charge < -0.3 is 10.2 Å². The lowest BCUT2D eigenvalue weighted by atomic mass is 9.49. The molecule has 1 saturated heterocycles. The first-order chi connectivity index (χ1) is 8.75. The number of likely N-dealkylation sites (tertiary alicyclic amines) is 1. The lowest BCUT2D eigenvalue weighted by Crippen LogP contribution is -2.51. The molecule has 4 saturated carbocycles. The number of rotatable bonds is 3. The van der Waals surface area contributed by atoms with E-state index in [9.17, 15) is 0 Å². The van der Waals surface area contributed by atoms with E-state index in [0.717, 1.165) is 29.2 Å².